The number of aliphatic imine (C=N–C) groups is 2. The second-order valence-corrected chi connectivity index (χ2v) is 16.6. The number of nitrogens with one attached hydrogen (secondary N) is 1. The van der Waals surface area contributed by atoms with E-state index in [2.05, 4.69) is 33.2 Å². The Labute approximate surface area is 339 Å². The number of hydrogen-bond acceptors (Lipinski definition) is 15. The molecule has 0 bridgehead atoms. The van der Waals surface area contributed by atoms with Crippen molar-refractivity contribution in [1.29, 1.82) is 0 Å². The number of benzene rings is 1. The number of β-amino-alcohol motifs (C(OH)–C–C–N with tert-alkyl or cyclic N) is 1. The maximum Gasteiger partial charge on any atom is 0.220 e. The molecule has 1 fully saturated rings. The number of nitrogens with zero attached hydrogens (tertiary/aromatic N) is 4. The second kappa shape index (κ2) is 15.3. The predicted octanol–water partition coefficient (Wildman–Crippen LogP) is 1.62. The van der Waals surface area contributed by atoms with Crippen LogP contribution in [-0.4, -0.2) is 123 Å². The van der Waals surface area contributed by atoms with E-state index in [1.807, 2.05) is 24.4 Å². The van der Waals surface area contributed by atoms with Crippen LogP contribution >= 0.6 is 0 Å². The first-order valence-electron chi connectivity index (χ1n) is 20.3. The summed E-state index contributed by atoms with van der Waals surface area (Å²) in [6, 6.07) is 3.11. The van der Waals surface area contributed by atoms with Crippen LogP contribution in [0.15, 0.2) is 90.6 Å². The summed E-state index contributed by atoms with van der Waals surface area (Å²) in [7, 11) is 0. The molecule has 7 heterocycles. The van der Waals surface area contributed by atoms with Crippen molar-refractivity contribution in [3.63, 3.8) is 0 Å². The average molecular weight is 812 g/mol. The van der Waals surface area contributed by atoms with Gasteiger partial charge in [0.05, 0.1) is 41.7 Å². The van der Waals surface area contributed by atoms with E-state index in [0.29, 0.717) is 77.5 Å². The molecule has 1 saturated heterocycles. The lowest BCUT2D eigenvalue weighted by atomic mass is 9.71. The van der Waals surface area contributed by atoms with Gasteiger partial charge in [0.1, 0.15) is 53.7 Å². The van der Waals surface area contributed by atoms with Crippen molar-refractivity contribution in [2.24, 2.45) is 21.8 Å². The van der Waals surface area contributed by atoms with Crippen molar-refractivity contribution in [2.45, 2.75) is 87.6 Å². The molecule has 0 saturated carbocycles. The van der Waals surface area contributed by atoms with E-state index in [1.165, 1.54) is 6.07 Å². The van der Waals surface area contributed by atoms with Crippen LogP contribution < -0.4 is 20.4 Å². The van der Waals surface area contributed by atoms with Crippen molar-refractivity contribution in [3.8, 4) is 5.75 Å². The van der Waals surface area contributed by atoms with Crippen LogP contribution in [0.3, 0.4) is 0 Å². The fourth-order valence-electron chi connectivity index (χ4n) is 9.73. The van der Waals surface area contributed by atoms with Crippen LogP contribution in [0.4, 0.5) is 5.69 Å². The van der Waals surface area contributed by atoms with Gasteiger partial charge in [0.25, 0.3) is 0 Å². The van der Waals surface area contributed by atoms with Crippen molar-refractivity contribution in [3.05, 3.63) is 92.9 Å². The smallest absolute Gasteiger partial charge is 0.220 e. The molecule has 1 spiro atoms. The summed E-state index contributed by atoms with van der Waals surface area (Å²) in [6.07, 6.45) is 10.8. The largest absolute Gasteiger partial charge is 0.481 e. The van der Waals surface area contributed by atoms with Crippen LogP contribution in [0.2, 0.25) is 0 Å². The van der Waals surface area contributed by atoms with Gasteiger partial charge in [-0.1, -0.05) is 19.1 Å². The van der Waals surface area contributed by atoms with Gasteiger partial charge >= 0.3 is 0 Å². The summed E-state index contributed by atoms with van der Waals surface area (Å²) < 4.78 is 13.7. The van der Waals surface area contributed by atoms with Crippen molar-refractivity contribution >= 4 is 35.0 Å². The van der Waals surface area contributed by atoms with E-state index in [0.717, 1.165) is 17.7 Å². The zero-order valence-electron chi connectivity index (χ0n) is 32.9. The highest BCUT2D eigenvalue weighted by atomic mass is 17.2. The molecule has 1 unspecified atom stereocenters. The summed E-state index contributed by atoms with van der Waals surface area (Å²) in [5, 5.41) is 58.1. The van der Waals surface area contributed by atoms with Gasteiger partial charge < -0.3 is 49.8 Å². The Kier molecular flexibility index (Phi) is 10.2. The number of aryl methyl sites for hydroxylation is 1. The van der Waals surface area contributed by atoms with Gasteiger partial charge in [-0.05, 0) is 55.9 Å². The molecular formula is C43H49N5O11. The standard InChI is InChI=1S/C43H49N5O11/c1-3-31-27-6-10-45-30(27)19-48(31)38-39-25(14-28-33(50)13-23(2)57-40(28)38)15-36(42(58-39)9-4-5-24(17-42)26-16-37(53)46-18-26)59-56-21-35(52)43(55,41(54)34(51)20-49)22-47-12-8-29-32(47)7-11-44-29/h4-8,10-11,13-14,19,24,26,31,34-36,41,49,51-52,54-55H,3,9,12,15-18,20-22H2,1-2H3,(H,46,53)/t24-,26+,31?,34-,35+,36-,41-,42-,43-/m1/s1. The number of anilines is 1. The third-order valence-electron chi connectivity index (χ3n) is 12.9. The molecule has 6 N–H and O–H groups in total. The molecule has 312 valence electrons. The summed E-state index contributed by atoms with van der Waals surface area (Å²) in [5.41, 5.74) is 1.20. The summed E-state index contributed by atoms with van der Waals surface area (Å²) in [5.74, 6) is 0.892. The van der Waals surface area contributed by atoms with E-state index >= 15 is 0 Å². The number of aliphatic hydroxyl groups excluding tert-OH is 4. The van der Waals surface area contributed by atoms with Crippen LogP contribution in [0, 0.1) is 18.8 Å². The zero-order chi connectivity index (χ0) is 41.2. The predicted molar refractivity (Wildman–Crippen MR) is 216 cm³/mol. The minimum Gasteiger partial charge on any atom is -0.481 e. The maximum atomic E-state index is 13.7. The Morgan fingerprint density at radius 3 is 2.71 bits per heavy atom. The van der Waals surface area contributed by atoms with E-state index in [1.54, 1.807) is 36.4 Å². The molecule has 59 heavy (non-hydrogen) atoms. The molecule has 16 heteroatoms. The van der Waals surface area contributed by atoms with Crippen LogP contribution in [0.1, 0.15) is 43.9 Å². The van der Waals surface area contributed by atoms with Gasteiger partial charge in [0, 0.05) is 68.2 Å². The number of hydrogen-bond donors (Lipinski definition) is 6. The van der Waals surface area contributed by atoms with Crippen LogP contribution in [0.25, 0.3) is 11.0 Å². The first kappa shape index (κ1) is 39.5. The van der Waals surface area contributed by atoms with E-state index < -0.39 is 48.8 Å². The lowest BCUT2D eigenvalue weighted by molar-refractivity contribution is -0.367. The zero-order valence-corrected chi connectivity index (χ0v) is 32.9. The average Bonchev–Trinajstić information content (AvgIpc) is 4.07. The molecule has 7 aliphatic rings. The Hall–Kier alpha value is -4.94. The highest BCUT2D eigenvalue weighted by Gasteiger charge is 2.53. The fraction of sp³-hybridized carbons (Fsp3) is 0.488. The van der Waals surface area contributed by atoms with Gasteiger partial charge in [0.2, 0.25) is 5.91 Å². The summed E-state index contributed by atoms with van der Waals surface area (Å²) in [4.78, 5) is 50.8. The number of aliphatic hydroxyl groups is 5. The summed E-state index contributed by atoms with van der Waals surface area (Å²) >= 11 is 0. The van der Waals surface area contributed by atoms with Gasteiger partial charge in [-0.25, -0.2) is 9.78 Å². The third-order valence-corrected chi connectivity index (χ3v) is 12.9. The van der Waals surface area contributed by atoms with Gasteiger partial charge in [-0.3, -0.25) is 19.6 Å². The minimum atomic E-state index is -2.40. The molecule has 1 aliphatic carbocycles. The Bertz CT molecular complexity index is 2330. The van der Waals surface area contributed by atoms with Gasteiger partial charge in [0.15, 0.2) is 16.8 Å². The van der Waals surface area contributed by atoms with Crippen LogP contribution in [0.5, 0.6) is 5.75 Å². The second-order valence-electron chi connectivity index (χ2n) is 16.6. The molecule has 6 aliphatic heterocycles. The number of ether oxygens (including phenoxy) is 1. The summed E-state index contributed by atoms with van der Waals surface area (Å²) in [6.45, 7) is 2.83. The third kappa shape index (κ3) is 6.76. The molecule has 9 rings (SSSR count). The monoisotopic (exact) mass is 811 g/mol. The van der Waals surface area contributed by atoms with Crippen molar-refractivity contribution in [2.75, 3.05) is 37.7 Å². The van der Waals surface area contributed by atoms with Gasteiger partial charge in [-0.15, -0.1) is 0 Å². The number of carbonyl (C=O) groups is 1. The quantitative estimate of drug-likeness (QED) is 0.0964. The highest BCUT2D eigenvalue weighted by Crippen LogP contribution is 2.52. The molecule has 16 nitrogen and oxygen atoms in total. The molecule has 1 aromatic carbocycles. The van der Waals surface area contributed by atoms with E-state index in [4.69, 9.17) is 18.9 Å². The van der Waals surface area contributed by atoms with Gasteiger partial charge in [-0.2, -0.15) is 0 Å². The Morgan fingerprint density at radius 2 is 1.93 bits per heavy atom. The Balaban J connectivity index is 1.06. The number of rotatable bonds is 13. The van der Waals surface area contributed by atoms with Crippen molar-refractivity contribution in [1.82, 2.24) is 10.2 Å². The molecular weight excluding hydrogens is 762 g/mol. The SMILES string of the molecule is CCC1C2=CC=NC2=CN1c1c2c(cc3c(=O)cc(C)oc13)C[C@@H](OOC[C@H](O)[C@](O)(CN1CC=C3N=CC=C31)[C@H](O)[C@H](O)CO)[C@]1(CC=C[C@@H]([C@@H]3CNC(=O)C3)C1)O2. The maximum absolute atomic E-state index is 13.7. The Morgan fingerprint density at radius 1 is 1.12 bits per heavy atom. The number of allylic oxidation sites excluding steroid dienone is 3. The van der Waals surface area contributed by atoms with E-state index in [-0.39, 0.29) is 42.2 Å². The highest BCUT2D eigenvalue weighted by molar-refractivity contribution is 5.96. The van der Waals surface area contributed by atoms with Crippen LogP contribution in [-0.2, 0) is 21.0 Å². The molecule has 2 aromatic rings. The first-order valence-corrected chi connectivity index (χ1v) is 20.3. The lowest BCUT2D eigenvalue weighted by Crippen LogP contribution is -2.63. The first-order chi connectivity index (χ1) is 28.4. The minimum absolute atomic E-state index is 0.00781. The fourth-order valence-corrected chi connectivity index (χ4v) is 9.73. The van der Waals surface area contributed by atoms with E-state index in [9.17, 15) is 35.1 Å². The lowest BCUT2D eigenvalue weighted by Gasteiger charge is -2.48. The number of carbonyl (C=O) groups excluding carboxylic acids is 1. The molecule has 9 atom stereocenters. The number of amides is 1. The van der Waals surface area contributed by atoms with Crippen molar-refractivity contribution < 1.29 is 49.3 Å². The molecule has 1 amide bonds. The topological polar surface area (TPSA) is 219 Å². The normalized spacial score (nSPS) is 29.1. The molecule has 0 radical (unpaired) electrons. The number of fused-ring (bicyclic) bond motifs is 4. The molecule has 1 aromatic heterocycles.